The van der Waals surface area contributed by atoms with E-state index in [0.29, 0.717) is 5.69 Å². The van der Waals surface area contributed by atoms with Crippen LogP contribution in [0.25, 0.3) is 11.3 Å². The topological polar surface area (TPSA) is 68.0 Å². The number of anilines is 2. The van der Waals surface area contributed by atoms with Gasteiger partial charge < -0.3 is 11.1 Å². The monoisotopic (exact) mass is 413 g/mol. The molecule has 0 aliphatic carbocycles. The highest BCUT2D eigenvalue weighted by Gasteiger charge is 2.34. The van der Waals surface area contributed by atoms with E-state index in [1.807, 2.05) is 12.1 Å². The minimum Gasteiger partial charge on any atom is -0.398 e. The first-order valence-corrected chi connectivity index (χ1v) is 9.31. The van der Waals surface area contributed by atoms with Gasteiger partial charge in [0, 0.05) is 23.1 Å². The zero-order chi connectivity index (χ0) is 22.1. The van der Waals surface area contributed by atoms with Crippen molar-refractivity contribution in [3.8, 4) is 11.3 Å². The second-order valence-electron chi connectivity index (χ2n) is 7.98. The zero-order valence-electron chi connectivity index (χ0n) is 16.8. The molecule has 0 radical (unpaired) electrons. The second-order valence-corrected chi connectivity index (χ2v) is 7.98. The molecule has 0 aliphatic rings. The van der Waals surface area contributed by atoms with Crippen LogP contribution >= 0.6 is 0 Å². The zero-order valence-corrected chi connectivity index (χ0v) is 16.8. The third-order valence-electron chi connectivity index (χ3n) is 4.69. The number of pyridine rings is 1. The molecule has 2 aromatic carbocycles. The number of hydrogen-bond acceptors (Lipinski definition) is 3. The van der Waals surface area contributed by atoms with Gasteiger partial charge in [0.2, 0.25) is 0 Å². The van der Waals surface area contributed by atoms with Crippen molar-refractivity contribution in [2.45, 2.75) is 32.4 Å². The van der Waals surface area contributed by atoms with Crippen molar-refractivity contribution in [2.24, 2.45) is 0 Å². The third kappa shape index (κ3) is 4.62. The van der Waals surface area contributed by atoms with Crippen molar-refractivity contribution in [3.05, 3.63) is 77.5 Å². The molecule has 30 heavy (non-hydrogen) atoms. The number of hydrogen-bond donors (Lipinski definition) is 2. The second kappa shape index (κ2) is 7.82. The van der Waals surface area contributed by atoms with Crippen molar-refractivity contribution in [2.75, 3.05) is 11.1 Å². The molecular formula is C23H22F3N3O. The van der Waals surface area contributed by atoms with Crippen molar-refractivity contribution >= 4 is 17.3 Å². The lowest BCUT2D eigenvalue weighted by Gasteiger charge is -2.19. The van der Waals surface area contributed by atoms with E-state index in [2.05, 4.69) is 31.1 Å². The predicted molar refractivity (Wildman–Crippen MR) is 112 cm³/mol. The van der Waals surface area contributed by atoms with E-state index in [4.69, 9.17) is 5.73 Å². The van der Waals surface area contributed by atoms with E-state index in [1.165, 1.54) is 30.5 Å². The molecule has 0 atom stereocenters. The SMILES string of the molecule is CC(C)(C)c1ccc(NC(=O)c2ccc(-c3ncccc3C(F)(F)F)cc2N)cc1. The van der Waals surface area contributed by atoms with E-state index >= 15 is 0 Å². The van der Waals surface area contributed by atoms with Crippen LogP contribution in [0.1, 0.15) is 42.3 Å². The van der Waals surface area contributed by atoms with Gasteiger partial charge in [-0.05, 0) is 47.4 Å². The average Bonchev–Trinajstić information content (AvgIpc) is 2.67. The lowest BCUT2D eigenvalue weighted by Crippen LogP contribution is -2.15. The van der Waals surface area contributed by atoms with Gasteiger partial charge in [0.05, 0.1) is 16.8 Å². The van der Waals surface area contributed by atoms with E-state index in [-0.39, 0.29) is 27.9 Å². The van der Waals surface area contributed by atoms with Crippen molar-refractivity contribution in [1.29, 1.82) is 0 Å². The molecule has 0 bridgehead atoms. The van der Waals surface area contributed by atoms with E-state index in [0.717, 1.165) is 11.6 Å². The Balaban J connectivity index is 1.85. The van der Waals surface area contributed by atoms with Crippen LogP contribution in [0.15, 0.2) is 60.8 Å². The predicted octanol–water partition coefficient (Wildman–Crippen LogP) is 5.90. The number of nitrogens with zero attached hydrogens (tertiary/aromatic N) is 1. The molecule has 1 heterocycles. The quantitative estimate of drug-likeness (QED) is 0.526. The van der Waals surface area contributed by atoms with Crippen LogP contribution in [0.4, 0.5) is 24.5 Å². The molecule has 0 spiro atoms. The Morgan fingerprint density at radius 2 is 1.67 bits per heavy atom. The minimum atomic E-state index is -4.55. The van der Waals surface area contributed by atoms with Gasteiger partial charge >= 0.3 is 6.18 Å². The minimum absolute atomic E-state index is 0.0104. The molecule has 0 fully saturated rings. The molecule has 4 nitrogen and oxygen atoms in total. The Morgan fingerprint density at radius 1 is 1.00 bits per heavy atom. The van der Waals surface area contributed by atoms with Gasteiger partial charge in [0.15, 0.2) is 0 Å². The molecule has 3 aromatic rings. The summed E-state index contributed by atoms with van der Waals surface area (Å²) in [7, 11) is 0. The van der Waals surface area contributed by atoms with Gasteiger partial charge in [-0.2, -0.15) is 13.2 Å². The Hall–Kier alpha value is -3.35. The molecule has 1 aromatic heterocycles. The number of benzene rings is 2. The highest BCUT2D eigenvalue weighted by Crippen LogP contribution is 2.36. The largest absolute Gasteiger partial charge is 0.418 e. The number of aromatic nitrogens is 1. The number of rotatable bonds is 3. The molecule has 3 N–H and O–H groups in total. The molecule has 7 heteroatoms. The summed E-state index contributed by atoms with van der Waals surface area (Å²) in [6, 6.07) is 13.8. The molecular weight excluding hydrogens is 391 g/mol. The van der Waals surface area contributed by atoms with Gasteiger partial charge in [-0.15, -0.1) is 0 Å². The van der Waals surface area contributed by atoms with Gasteiger partial charge in [-0.3, -0.25) is 9.78 Å². The Bertz CT molecular complexity index is 1070. The summed E-state index contributed by atoms with van der Waals surface area (Å²) in [5.41, 5.74) is 7.02. The fraction of sp³-hybridized carbons (Fsp3) is 0.217. The summed E-state index contributed by atoms with van der Waals surface area (Å²) >= 11 is 0. The maximum absolute atomic E-state index is 13.3. The van der Waals surface area contributed by atoms with Crippen LogP contribution in [0.2, 0.25) is 0 Å². The first-order chi connectivity index (χ1) is 14.0. The van der Waals surface area contributed by atoms with E-state index in [9.17, 15) is 18.0 Å². The maximum atomic E-state index is 13.3. The standard InChI is InChI=1S/C23H22F3N3O/c1-22(2,3)15-7-9-16(10-8-15)29-21(30)17-11-6-14(13-19(17)27)20-18(23(24,25)26)5-4-12-28-20/h4-13H,27H2,1-3H3,(H,29,30). The van der Waals surface area contributed by atoms with Crippen molar-refractivity contribution in [1.82, 2.24) is 4.98 Å². The van der Waals surface area contributed by atoms with Gasteiger partial charge in [0.25, 0.3) is 5.91 Å². The lowest BCUT2D eigenvalue weighted by atomic mass is 9.87. The van der Waals surface area contributed by atoms with Crippen LogP contribution in [-0.4, -0.2) is 10.9 Å². The third-order valence-corrected chi connectivity index (χ3v) is 4.69. The normalized spacial score (nSPS) is 11.9. The van der Waals surface area contributed by atoms with Crippen LogP contribution in [0.3, 0.4) is 0 Å². The van der Waals surface area contributed by atoms with E-state index < -0.39 is 17.6 Å². The highest BCUT2D eigenvalue weighted by atomic mass is 19.4. The van der Waals surface area contributed by atoms with Crippen molar-refractivity contribution in [3.63, 3.8) is 0 Å². The van der Waals surface area contributed by atoms with E-state index in [1.54, 1.807) is 12.1 Å². The maximum Gasteiger partial charge on any atom is 0.418 e. The number of carbonyl (C=O) groups is 1. The van der Waals surface area contributed by atoms with Gasteiger partial charge in [-0.25, -0.2) is 0 Å². The van der Waals surface area contributed by atoms with Crippen LogP contribution in [0.5, 0.6) is 0 Å². The number of nitrogens with one attached hydrogen (secondary N) is 1. The molecule has 3 rings (SSSR count). The molecule has 1 amide bonds. The number of halogens is 3. The smallest absolute Gasteiger partial charge is 0.398 e. The molecule has 0 aliphatic heterocycles. The number of alkyl halides is 3. The Labute approximate surface area is 173 Å². The summed E-state index contributed by atoms with van der Waals surface area (Å²) in [5, 5.41) is 2.76. The average molecular weight is 413 g/mol. The van der Waals surface area contributed by atoms with Crippen LogP contribution in [0, 0.1) is 0 Å². The first kappa shape index (κ1) is 21.4. The van der Waals surface area contributed by atoms with Crippen LogP contribution in [-0.2, 0) is 11.6 Å². The first-order valence-electron chi connectivity index (χ1n) is 9.31. The number of amides is 1. The van der Waals surface area contributed by atoms with Gasteiger partial charge in [0.1, 0.15) is 0 Å². The summed E-state index contributed by atoms with van der Waals surface area (Å²) in [5.74, 6) is -0.445. The highest BCUT2D eigenvalue weighted by molar-refractivity contribution is 6.08. The number of carbonyl (C=O) groups excluding carboxylic acids is 1. The number of nitrogen functional groups attached to an aromatic ring is 1. The summed E-state index contributed by atoms with van der Waals surface area (Å²) in [4.78, 5) is 16.5. The summed E-state index contributed by atoms with van der Waals surface area (Å²) in [6.07, 6.45) is -3.27. The Morgan fingerprint density at radius 3 is 2.23 bits per heavy atom. The lowest BCUT2D eigenvalue weighted by molar-refractivity contribution is -0.137. The summed E-state index contributed by atoms with van der Waals surface area (Å²) in [6.45, 7) is 6.28. The van der Waals surface area contributed by atoms with Gasteiger partial charge in [-0.1, -0.05) is 39.0 Å². The number of nitrogens with two attached hydrogens (primary N) is 1. The molecule has 156 valence electrons. The fourth-order valence-electron chi connectivity index (χ4n) is 3.03. The Kier molecular flexibility index (Phi) is 5.57. The van der Waals surface area contributed by atoms with Crippen molar-refractivity contribution < 1.29 is 18.0 Å². The summed E-state index contributed by atoms with van der Waals surface area (Å²) < 4.78 is 39.8. The molecule has 0 saturated heterocycles. The van der Waals surface area contributed by atoms with Crippen LogP contribution < -0.4 is 11.1 Å². The fourth-order valence-corrected chi connectivity index (χ4v) is 3.03. The molecule has 0 unspecified atom stereocenters. The molecule has 0 saturated carbocycles.